The zero-order valence-electron chi connectivity index (χ0n) is 23.2. The van der Waals surface area contributed by atoms with E-state index < -0.39 is 0 Å². The zero-order chi connectivity index (χ0) is 28.3. The Hall–Kier alpha value is -5.80. The SMILES string of the molecule is c1ccc(-c2nc(-c3cccc(-c4ccc5cc6c(cc5c4)oc4ccccc46)c3)nc3ccc4ccccc4c23)cc1. The largest absolute Gasteiger partial charge is 0.456 e. The molecule has 0 N–H and O–H groups in total. The lowest BCUT2D eigenvalue weighted by Gasteiger charge is -2.12. The van der Waals surface area contributed by atoms with E-state index in [4.69, 9.17) is 14.4 Å². The van der Waals surface area contributed by atoms with Gasteiger partial charge >= 0.3 is 0 Å². The lowest BCUT2D eigenvalue weighted by molar-refractivity contribution is 0.669. The van der Waals surface area contributed by atoms with Crippen LogP contribution in [-0.4, -0.2) is 9.97 Å². The number of aromatic nitrogens is 2. The summed E-state index contributed by atoms with van der Waals surface area (Å²) < 4.78 is 6.18. The van der Waals surface area contributed by atoms with Gasteiger partial charge in [0.1, 0.15) is 11.2 Å². The molecule has 0 aliphatic carbocycles. The van der Waals surface area contributed by atoms with Crippen LogP contribution in [0.15, 0.2) is 150 Å². The van der Waals surface area contributed by atoms with Gasteiger partial charge < -0.3 is 4.42 Å². The van der Waals surface area contributed by atoms with Crippen molar-refractivity contribution >= 4 is 54.4 Å². The molecule has 0 bridgehead atoms. The Balaban J connectivity index is 1.20. The third kappa shape index (κ3) is 3.90. The smallest absolute Gasteiger partial charge is 0.160 e. The lowest BCUT2D eigenvalue weighted by atomic mass is 9.97. The Morgan fingerprint density at radius 3 is 2.07 bits per heavy atom. The highest BCUT2D eigenvalue weighted by Gasteiger charge is 2.15. The van der Waals surface area contributed by atoms with Crippen molar-refractivity contribution < 1.29 is 4.42 Å². The van der Waals surface area contributed by atoms with E-state index in [-0.39, 0.29) is 0 Å². The Bertz CT molecular complexity index is 2510. The van der Waals surface area contributed by atoms with Crippen LogP contribution in [0.25, 0.3) is 88.2 Å². The van der Waals surface area contributed by atoms with Crippen LogP contribution in [-0.2, 0) is 0 Å². The van der Waals surface area contributed by atoms with Gasteiger partial charge in [-0.05, 0) is 69.1 Å². The quantitative estimate of drug-likeness (QED) is 0.206. The Labute approximate surface area is 247 Å². The van der Waals surface area contributed by atoms with Crippen molar-refractivity contribution in [2.24, 2.45) is 0 Å². The van der Waals surface area contributed by atoms with Crippen LogP contribution >= 0.6 is 0 Å². The molecule has 0 aliphatic heterocycles. The maximum absolute atomic E-state index is 6.18. The highest BCUT2D eigenvalue weighted by atomic mass is 16.3. The molecule has 0 fully saturated rings. The average Bonchev–Trinajstić information content (AvgIpc) is 3.44. The summed E-state index contributed by atoms with van der Waals surface area (Å²) in [5, 5.41) is 8.06. The average molecular weight is 549 g/mol. The van der Waals surface area contributed by atoms with Gasteiger partial charge in [-0.1, -0.05) is 109 Å². The summed E-state index contributed by atoms with van der Waals surface area (Å²) >= 11 is 0. The number of furan rings is 1. The van der Waals surface area contributed by atoms with Gasteiger partial charge in [-0.25, -0.2) is 9.97 Å². The van der Waals surface area contributed by atoms with Gasteiger partial charge in [-0.3, -0.25) is 0 Å². The predicted octanol–water partition coefficient (Wildman–Crippen LogP) is 10.8. The van der Waals surface area contributed by atoms with Crippen molar-refractivity contribution in [3.63, 3.8) is 0 Å². The normalized spacial score (nSPS) is 11.7. The predicted molar refractivity (Wildman–Crippen MR) is 178 cm³/mol. The van der Waals surface area contributed by atoms with Crippen molar-refractivity contribution in [3.05, 3.63) is 146 Å². The van der Waals surface area contributed by atoms with Gasteiger partial charge in [0.25, 0.3) is 0 Å². The van der Waals surface area contributed by atoms with E-state index in [1.807, 2.05) is 18.2 Å². The standard InChI is InChI=1S/C40H24N2O/c1-2-10-26(11-3-1)39-38-32-14-5-4-9-25(32)19-20-35(38)41-40(42-39)30-13-8-12-27(21-30)28-17-18-29-23-34-33-15-6-7-16-36(33)43-37(34)24-31(29)22-28/h1-24H. The third-order valence-corrected chi connectivity index (χ3v) is 8.43. The van der Waals surface area contributed by atoms with Gasteiger partial charge in [0.2, 0.25) is 0 Å². The van der Waals surface area contributed by atoms with Crippen LogP contribution in [0.4, 0.5) is 0 Å². The number of hydrogen-bond acceptors (Lipinski definition) is 3. The third-order valence-electron chi connectivity index (χ3n) is 8.43. The van der Waals surface area contributed by atoms with Crippen LogP contribution < -0.4 is 0 Å². The monoisotopic (exact) mass is 548 g/mol. The summed E-state index contributed by atoms with van der Waals surface area (Å²) in [6, 6.07) is 50.9. The summed E-state index contributed by atoms with van der Waals surface area (Å²) in [4.78, 5) is 10.3. The molecule has 0 radical (unpaired) electrons. The van der Waals surface area contributed by atoms with E-state index in [1.165, 1.54) is 10.8 Å². The molecular weight excluding hydrogens is 524 g/mol. The molecule has 0 aliphatic rings. The summed E-state index contributed by atoms with van der Waals surface area (Å²) in [5.41, 5.74) is 8.03. The molecule has 2 heterocycles. The van der Waals surface area contributed by atoms with Gasteiger partial charge in [-0.2, -0.15) is 0 Å². The minimum absolute atomic E-state index is 0.716. The second-order valence-corrected chi connectivity index (χ2v) is 11.0. The summed E-state index contributed by atoms with van der Waals surface area (Å²) in [6.45, 7) is 0. The molecule has 7 aromatic carbocycles. The molecular formula is C40H24N2O. The summed E-state index contributed by atoms with van der Waals surface area (Å²) in [6.07, 6.45) is 0. The first-order chi connectivity index (χ1) is 21.3. The van der Waals surface area contributed by atoms with Crippen molar-refractivity contribution in [3.8, 4) is 33.8 Å². The number of nitrogens with zero attached hydrogens (tertiary/aromatic N) is 2. The van der Waals surface area contributed by atoms with E-state index in [0.717, 1.165) is 71.6 Å². The first-order valence-corrected chi connectivity index (χ1v) is 14.5. The van der Waals surface area contributed by atoms with Crippen LogP contribution in [0, 0.1) is 0 Å². The minimum atomic E-state index is 0.716. The van der Waals surface area contributed by atoms with Gasteiger partial charge in [0.05, 0.1) is 11.2 Å². The summed E-state index contributed by atoms with van der Waals surface area (Å²) in [7, 11) is 0. The maximum Gasteiger partial charge on any atom is 0.160 e. The number of rotatable bonds is 3. The van der Waals surface area contributed by atoms with E-state index in [2.05, 4.69) is 127 Å². The molecule has 200 valence electrons. The first-order valence-electron chi connectivity index (χ1n) is 14.5. The molecule has 0 atom stereocenters. The highest BCUT2D eigenvalue weighted by molar-refractivity contribution is 6.13. The van der Waals surface area contributed by atoms with Gasteiger partial charge in [0, 0.05) is 27.3 Å². The van der Waals surface area contributed by atoms with Crippen molar-refractivity contribution in [2.45, 2.75) is 0 Å². The highest BCUT2D eigenvalue weighted by Crippen LogP contribution is 2.36. The van der Waals surface area contributed by atoms with E-state index in [9.17, 15) is 0 Å². The van der Waals surface area contributed by atoms with Crippen molar-refractivity contribution in [1.82, 2.24) is 9.97 Å². The van der Waals surface area contributed by atoms with E-state index in [1.54, 1.807) is 0 Å². The van der Waals surface area contributed by atoms with Gasteiger partial charge in [-0.15, -0.1) is 0 Å². The molecule has 9 aromatic rings. The molecule has 0 saturated heterocycles. The molecule has 3 heteroatoms. The van der Waals surface area contributed by atoms with E-state index >= 15 is 0 Å². The number of hydrogen-bond donors (Lipinski definition) is 0. The first kappa shape index (κ1) is 23.9. The second-order valence-electron chi connectivity index (χ2n) is 11.0. The minimum Gasteiger partial charge on any atom is -0.456 e. The lowest BCUT2D eigenvalue weighted by Crippen LogP contribution is -1.96. The fourth-order valence-electron chi connectivity index (χ4n) is 6.32. The van der Waals surface area contributed by atoms with Crippen molar-refractivity contribution in [1.29, 1.82) is 0 Å². The van der Waals surface area contributed by atoms with Gasteiger partial charge in [0.15, 0.2) is 5.82 Å². The molecule has 0 spiro atoms. The molecule has 43 heavy (non-hydrogen) atoms. The Morgan fingerprint density at radius 1 is 0.395 bits per heavy atom. The number of benzene rings is 7. The molecule has 0 saturated carbocycles. The topological polar surface area (TPSA) is 38.9 Å². The molecule has 2 aromatic heterocycles. The summed E-state index contributed by atoms with van der Waals surface area (Å²) in [5.74, 6) is 0.716. The maximum atomic E-state index is 6.18. The van der Waals surface area contributed by atoms with Crippen LogP contribution in [0.5, 0.6) is 0 Å². The Morgan fingerprint density at radius 2 is 1.14 bits per heavy atom. The zero-order valence-corrected chi connectivity index (χ0v) is 23.2. The fraction of sp³-hybridized carbons (Fsp3) is 0. The molecule has 9 rings (SSSR count). The molecule has 3 nitrogen and oxygen atoms in total. The molecule has 0 amide bonds. The number of para-hydroxylation sites is 1. The van der Waals surface area contributed by atoms with E-state index in [0.29, 0.717) is 5.82 Å². The fourth-order valence-corrected chi connectivity index (χ4v) is 6.32. The van der Waals surface area contributed by atoms with Crippen molar-refractivity contribution in [2.75, 3.05) is 0 Å². The van der Waals surface area contributed by atoms with Crippen LogP contribution in [0.2, 0.25) is 0 Å². The molecule has 0 unspecified atom stereocenters. The van der Waals surface area contributed by atoms with Crippen LogP contribution in [0.1, 0.15) is 0 Å². The number of fused-ring (bicyclic) bond motifs is 7. The second kappa shape index (κ2) is 9.37. The van der Waals surface area contributed by atoms with Crippen LogP contribution in [0.3, 0.4) is 0 Å². The Kier molecular flexibility index (Phi) is 5.20.